The van der Waals surface area contributed by atoms with Gasteiger partial charge in [0.15, 0.2) is 11.5 Å². The van der Waals surface area contributed by atoms with Crippen LogP contribution in [-0.4, -0.2) is 27.2 Å². The molecular formula is C24H30N2O4S. The molecule has 1 aliphatic rings. The monoisotopic (exact) mass is 442 g/mol. The number of hydrogen-bond acceptors (Lipinski definition) is 6. The van der Waals surface area contributed by atoms with E-state index in [1.807, 2.05) is 6.07 Å². The molecule has 0 aliphatic heterocycles. The summed E-state index contributed by atoms with van der Waals surface area (Å²) in [6.45, 7) is 6.83. The van der Waals surface area contributed by atoms with Crippen molar-refractivity contribution in [2.75, 3.05) is 21.3 Å². The van der Waals surface area contributed by atoms with Gasteiger partial charge in [-0.15, -0.1) is 11.3 Å². The Hall–Kier alpha value is -2.72. The second kappa shape index (κ2) is 9.19. The number of nitrogens with one attached hydrogen (secondary N) is 1. The van der Waals surface area contributed by atoms with E-state index < -0.39 is 6.04 Å². The molecule has 0 saturated carbocycles. The number of hydrogen-bond donors (Lipinski definition) is 1. The lowest BCUT2D eigenvalue weighted by Crippen LogP contribution is -2.27. The normalized spacial score (nSPS) is 16.6. The van der Waals surface area contributed by atoms with Crippen LogP contribution in [-0.2, 0) is 12.8 Å². The fourth-order valence-electron chi connectivity index (χ4n) is 4.04. The Kier molecular flexibility index (Phi) is 6.80. The van der Waals surface area contributed by atoms with Gasteiger partial charge in [0.1, 0.15) is 6.04 Å². The molecule has 2 aromatic rings. The minimum absolute atomic E-state index is 0.244. The van der Waals surface area contributed by atoms with Crippen LogP contribution in [0.1, 0.15) is 58.9 Å². The molecule has 6 nitrogen and oxygen atoms in total. The van der Waals surface area contributed by atoms with Gasteiger partial charge >= 0.3 is 0 Å². The van der Waals surface area contributed by atoms with Gasteiger partial charge in [-0.1, -0.05) is 20.8 Å². The van der Waals surface area contributed by atoms with Crippen LogP contribution in [0.4, 0.5) is 0 Å². The number of carbonyl (C=O) groups is 1. The van der Waals surface area contributed by atoms with Gasteiger partial charge in [0.2, 0.25) is 5.75 Å². The Bertz CT molecular complexity index is 975. The zero-order valence-electron chi connectivity index (χ0n) is 19.0. The van der Waals surface area contributed by atoms with Crippen molar-refractivity contribution in [1.29, 1.82) is 5.26 Å². The van der Waals surface area contributed by atoms with Gasteiger partial charge in [0, 0.05) is 4.88 Å². The molecule has 0 saturated heterocycles. The van der Waals surface area contributed by atoms with Crippen LogP contribution in [0.15, 0.2) is 18.2 Å². The molecule has 1 aromatic heterocycles. The van der Waals surface area contributed by atoms with Gasteiger partial charge in [-0.05, 0) is 59.9 Å². The molecule has 0 bridgehead atoms. The highest BCUT2D eigenvalue weighted by Gasteiger charge is 2.31. The number of methoxy groups -OCH3 is 3. The molecule has 0 radical (unpaired) electrons. The van der Waals surface area contributed by atoms with Crippen molar-refractivity contribution in [2.45, 2.75) is 46.1 Å². The topological polar surface area (TPSA) is 80.6 Å². The van der Waals surface area contributed by atoms with E-state index in [1.165, 1.54) is 43.1 Å². The molecule has 7 heteroatoms. The quantitative estimate of drug-likeness (QED) is 0.687. The number of nitriles is 1. The van der Waals surface area contributed by atoms with Gasteiger partial charge in [-0.2, -0.15) is 5.26 Å². The van der Waals surface area contributed by atoms with Gasteiger partial charge < -0.3 is 19.5 Å². The summed E-state index contributed by atoms with van der Waals surface area (Å²) in [7, 11) is 4.55. The van der Waals surface area contributed by atoms with Gasteiger partial charge in [0.05, 0.1) is 32.3 Å². The first-order valence-electron chi connectivity index (χ1n) is 10.3. The maximum absolute atomic E-state index is 13.0. The predicted octanol–water partition coefficient (Wildman–Crippen LogP) is 4.92. The largest absolute Gasteiger partial charge is 0.493 e. The van der Waals surface area contributed by atoms with E-state index in [0.717, 1.165) is 19.3 Å². The Morgan fingerprint density at radius 1 is 1.16 bits per heavy atom. The molecular weight excluding hydrogens is 412 g/mol. The van der Waals surface area contributed by atoms with Crippen molar-refractivity contribution in [2.24, 2.45) is 11.3 Å². The average Bonchev–Trinajstić information content (AvgIpc) is 3.19. The Morgan fingerprint density at radius 3 is 2.32 bits per heavy atom. The second-order valence-electron chi connectivity index (χ2n) is 8.86. The highest BCUT2D eigenvalue weighted by molar-refractivity contribution is 7.14. The first kappa shape index (κ1) is 23.0. The number of thiophene rings is 1. The summed E-state index contributed by atoms with van der Waals surface area (Å²) in [6.07, 6.45) is 3.14. The second-order valence-corrected chi connectivity index (χ2v) is 10.00. The van der Waals surface area contributed by atoms with Crippen molar-refractivity contribution in [3.8, 4) is 23.3 Å². The summed E-state index contributed by atoms with van der Waals surface area (Å²) in [5, 5.41) is 12.6. The SMILES string of the molecule is COc1cc([C@@H](C#N)NC(=O)c2cc3c(s2)CC[C@H](C(C)(C)C)C3)cc(OC)c1OC. The van der Waals surface area contributed by atoms with E-state index >= 15 is 0 Å². The third-order valence-corrected chi connectivity index (χ3v) is 7.19. The summed E-state index contributed by atoms with van der Waals surface area (Å²) in [5.74, 6) is 1.68. The molecule has 1 aromatic carbocycles. The fourth-order valence-corrected chi connectivity index (χ4v) is 5.15. The van der Waals surface area contributed by atoms with Crippen LogP contribution >= 0.6 is 11.3 Å². The number of carbonyl (C=O) groups excluding carboxylic acids is 1. The first-order chi connectivity index (χ1) is 14.7. The number of amides is 1. The first-order valence-corrected chi connectivity index (χ1v) is 11.1. The predicted molar refractivity (Wildman–Crippen MR) is 121 cm³/mol. The fraction of sp³-hybridized carbons (Fsp3) is 0.500. The average molecular weight is 443 g/mol. The molecule has 1 aliphatic carbocycles. The summed E-state index contributed by atoms with van der Waals surface area (Å²) in [5.41, 5.74) is 2.09. The van der Waals surface area contributed by atoms with Crippen molar-refractivity contribution in [3.05, 3.63) is 39.1 Å². The summed E-state index contributed by atoms with van der Waals surface area (Å²) in [4.78, 5) is 14.9. The number of rotatable bonds is 6. The number of nitrogens with zero attached hydrogens (tertiary/aromatic N) is 1. The summed E-state index contributed by atoms with van der Waals surface area (Å²) < 4.78 is 16.1. The van der Waals surface area contributed by atoms with Crippen molar-refractivity contribution < 1.29 is 19.0 Å². The number of aryl methyl sites for hydroxylation is 1. The highest BCUT2D eigenvalue weighted by atomic mass is 32.1. The van der Waals surface area contributed by atoms with E-state index in [0.29, 0.717) is 33.6 Å². The molecule has 166 valence electrons. The Balaban J connectivity index is 1.82. The lowest BCUT2D eigenvalue weighted by molar-refractivity contribution is 0.0949. The standard InChI is InChI=1S/C24H30N2O4S/c1-24(2,3)16-7-8-20-15(9-16)12-21(31-20)23(27)26-17(13-25)14-10-18(28-4)22(30-6)19(11-14)29-5/h10-12,16-17H,7-9H2,1-6H3,(H,26,27)/t16-,17+/m0/s1. The number of benzene rings is 1. The smallest absolute Gasteiger partial charge is 0.262 e. The molecule has 31 heavy (non-hydrogen) atoms. The summed E-state index contributed by atoms with van der Waals surface area (Å²) >= 11 is 1.53. The van der Waals surface area contributed by atoms with Crippen molar-refractivity contribution in [1.82, 2.24) is 5.32 Å². The van der Waals surface area contributed by atoms with Crippen LogP contribution in [0, 0.1) is 22.7 Å². The maximum atomic E-state index is 13.0. The van der Waals surface area contributed by atoms with Crippen LogP contribution in [0.25, 0.3) is 0 Å². The molecule has 0 fully saturated rings. The highest BCUT2D eigenvalue weighted by Crippen LogP contribution is 2.41. The van der Waals surface area contributed by atoms with Crippen molar-refractivity contribution >= 4 is 17.2 Å². The van der Waals surface area contributed by atoms with Crippen LogP contribution in [0.5, 0.6) is 17.2 Å². The third-order valence-electron chi connectivity index (χ3n) is 5.96. The van der Waals surface area contributed by atoms with Crippen LogP contribution in [0.3, 0.4) is 0 Å². The van der Waals surface area contributed by atoms with Crippen LogP contribution in [0.2, 0.25) is 0 Å². The Morgan fingerprint density at radius 2 is 1.81 bits per heavy atom. The van der Waals surface area contributed by atoms with E-state index in [9.17, 15) is 10.1 Å². The van der Waals surface area contributed by atoms with Crippen molar-refractivity contribution in [3.63, 3.8) is 0 Å². The third kappa shape index (κ3) is 4.80. The summed E-state index contributed by atoms with van der Waals surface area (Å²) in [6, 6.07) is 6.69. The Labute approximate surface area is 188 Å². The molecule has 2 atom stereocenters. The molecule has 1 amide bonds. The number of ether oxygens (including phenoxy) is 3. The van der Waals surface area contributed by atoms with E-state index in [4.69, 9.17) is 14.2 Å². The molecule has 3 rings (SSSR count). The molecule has 0 spiro atoms. The van der Waals surface area contributed by atoms with Crippen LogP contribution < -0.4 is 19.5 Å². The molecule has 1 heterocycles. The van der Waals surface area contributed by atoms with E-state index in [2.05, 4.69) is 32.2 Å². The minimum atomic E-state index is -0.845. The van der Waals surface area contributed by atoms with Gasteiger partial charge in [-0.3, -0.25) is 4.79 Å². The van der Waals surface area contributed by atoms with Gasteiger partial charge in [-0.25, -0.2) is 0 Å². The van der Waals surface area contributed by atoms with E-state index in [-0.39, 0.29) is 11.3 Å². The zero-order valence-corrected chi connectivity index (χ0v) is 19.8. The van der Waals surface area contributed by atoms with E-state index in [1.54, 1.807) is 12.1 Å². The minimum Gasteiger partial charge on any atom is -0.493 e. The van der Waals surface area contributed by atoms with Gasteiger partial charge in [0.25, 0.3) is 5.91 Å². The lowest BCUT2D eigenvalue weighted by Gasteiger charge is -2.33. The molecule has 0 unspecified atom stereocenters. The molecule has 1 N–H and O–H groups in total. The maximum Gasteiger partial charge on any atom is 0.262 e. The zero-order chi connectivity index (χ0) is 22.8. The number of fused-ring (bicyclic) bond motifs is 1. The lowest BCUT2D eigenvalue weighted by atomic mass is 9.72.